The number of hydrogen-bond donors (Lipinski definition) is 2. The first kappa shape index (κ1) is 15.5. The standard InChI is InChI=1S/C17H15N3O4/c1-10(21)18-12-4-3-5-13(9-12)19-16(22)11-6-7-14-15(8-11)24-17(23)20(14)2/h3-9H,1-2H3,(H,18,21)(H,19,22). The Labute approximate surface area is 136 Å². The molecule has 7 heteroatoms. The van der Waals surface area contributed by atoms with E-state index in [9.17, 15) is 14.4 Å². The number of benzene rings is 2. The number of carbonyl (C=O) groups excluding carboxylic acids is 2. The molecule has 0 saturated heterocycles. The number of nitrogens with one attached hydrogen (secondary N) is 2. The van der Waals surface area contributed by atoms with Gasteiger partial charge in [-0.25, -0.2) is 4.79 Å². The Morgan fingerprint density at radius 1 is 1.04 bits per heavy atom. The second kappa shape index (κ2) is 6.04. The lowest BCUT2D eigenvalue weighted by Crippen LogP contribution is -2.12. The largest absolute Gasteiger partial charge is 0.419 e. The number of aryl methyl sites for hydroxylation is 1. The van der Waals surface area contributed by atoms with Crippen molar-refractivity contribution in [2.45, 2.75) is 6.92 Å². The minimum atomic E-state index is -0.481. The molecule has 2 amide bonds. The molecule has 0 fully saturated rings. The summed E-state index contributed by atoms with van der Waals surface area (Å²) in [7, 11) is 1.60. The predicted molar refractivity (Wildman–Crippen MR) is 90.2 cm³/mol. The molecule has 0 unspecified atom stereocenters. The Morgan fingerprint density at radius 2 is 1.75 bits per heavy atom. The molecule has 122 valence electrons. The molecule has 1 aromatic heterocycles. The lowest BCUT2D eigenvalue weighted by molar-refractivity contribution is -0.114. The van der Waals surface area contributed by atoms with Crippen LogP contribution in [0, 0.1) is 0 Å². The SMILES string of the molecule is CC(=O)Nc1cccc(NC(=O)c2ccc3c(c2)oc(=O)n3C)c1. The van der Waals surface area contributed by atoms with Gasteiger partial charge in [0.05, 0.1) is 5.52 Å². The summed E-state index contributed by atoms with van der Waals surface area (Å²) in [5.74, 6) is -1.02. The number of oxazole rings is 1. The summed E-state index contributed by atoms with van der Waals surface area (Å²) in [5.41, 5.74) is 2.46. The Bertz CT molecular complexity index is 1000. The highest BCUT2D eigenvalue weighted by atomic mass is 16.4. The Morgan fingerprint density at radius 3 is 2.46 bits per heavy atom. The summed E-state index contributed by atoms with van der Waals surface area (Å²) in [6.45, 7) is 1.41. The molecule has 0 radical (unpaired) electrons. The Hall–Kier alpha value is -3.35. The fourth-order valence-corrected chi connectivity index (χ4v) is 2.36. The van der Waals surface area contributed by atoms with Gasteiger partial charge in [-0.05, 0) is 36.4 Å². The van der Waals surface area contributed by atoms with Crippen molar-refractivity contribution in [2.24, 2.45) is 7.05 Å². The average molecular weight is 325 g/mol. The number of aromatic nitrogens is 1. The molecular weight excluding hydrogens is 310 g/mol. The highest BCUT2D eigenvalue weighted by Gasteiger charge is 2.11. The molecule has 2 aromatic carbocycles. The second-order valence-electron chi connectivity index (χ2n) is 5.33. The predicted octanol–water partition coefficient (Wildman–Crippen LogP) is 2.34. The Kier molecular flexibility index (Phi) is 3.91. The van der Waals surface area contributed by atoms with E-state index in [1.807, 2.05) is 0 Å². The molecule has 1 heterocycles. The van der Waals surface area contributed by atoms with Gasteiger partial charge in [0.25, 0.3) is 5.91 Å². The van der Waals surface area contributed by atoms with Crippen molar-refractivity contribution in [3.05, 3.63) is 58.6 Å². The van der Waals surface area contributed by atoms with E-state index in [-0.39, 0.29) is 11.8 Å². The van der Waals surface area contributed by atoms with Crippen LogP contribution in [-0.2, 0) is 11.8 Å². The molecule has 2 N–H and O–H groups in total. The third-order valence-electron chi connectivity index (χ3n) is 3.50. The summed E-state index contributed by atoms with van der Waals surface area (Å²) >= 11 is 0. The molecule has 24 heavy (non-hydrogen) atoms. The van der Waals surface area contributed by atoms with Gasteiger partial charge in [-0.3, -0.25) is 14.2 Å². The van der Waals surface area contributed by atoms with Crippen LogP contribution >= 0.6 is 0 Å². The minimum absolute atomic E-state index is 0.192. The zero-order valence-electron chi connectivity index (χ0n) is 13.1. The molecule has 0 atom stereocenters. The number of fused-ring (bicyclic) bond motifs is 1. The minimum Gasteiger partial charge on any atom is -0.408 e. The van der Waals surface area contributed by atoms with Gasteiger partial charge < -0.3 is 15.1 Å². The van der Waals surface area contributed by atoms with Gasteiger partial charge in [0.2, 0.25) is 5.91 Å². The summed E-state index contributed by atoms with van der Waals surface area (Å²) in [6, 6.07) is 11.6. The van der Waals surface area contributed by atoms with Gasteiger partial charge in [0.15, 0.2) is 5.58 Å². The van der Waals surface area contributed by atoms with E-state index < -0.39 is 5.76 Å². The van der Waals surface area contributed by atoms with Crippen LogP contribution in [0.3, 0.4) is 0 Å². The number of nitrogens with zero attached hydrogens (tertiary/aromatic N) is 1. The normalized spacial score (nSPS) is 10.6. The first-order valence-corrected chi connectivity index (χ1v) is 7.22. The number of rotatable bonds is 3. The van der Waals surface area contributed by atoms with Crippen molar-refractivity contribution in [1.82, 2.24) is 4.57 Å². The van der Waals surface area contributed by atoms with Crippen LogP contribution in [0.25, 0.3) is 11.1 Å². The molecule has 0 aliphatic heterocycles. The van der Waals surface area contributed by atoms with Gasteiger partial charge >= 0.3 is 5.76 Å². The fourth-order valence-electron chi connectivity index (χ4n) is 2.36. The van der Waals surface area contributed by atoms with Crippen LogP contribution in [0.15, 0.2) is 51.7 Å². The molecule has 3 aromatic rings. The summed E-state index contributed by atoms with van der Waals surface area (Å²) < 4.78 is 6.45. The molecule has 0 spiro atoms. The van der Waals surface area contributed by atoms with Crippen LogP contribution in [0.5, 0.6) is 0 Å². The van der Waals surface area contributed by atoms with E-state index in [1.54, 1.807) is 43.4 Å². The van der Waals surface area contributed by atoms with Crippen molar-refractivity contribution in [1.29, 1.82) is 0 Å². The first-order chi connectivity index (χ1) is 11.4. The zero-order chi connectivity index (χ0) is 17.3. The quantitative estimate of drug-likeness (QED) is 0.773. The number of hydrogen-bond acceptors (Lipinski definition) is 4. The lowest BCUT2D eigenvalue weighted by atomic mass is 10.2. The topological polar surface area (TPSA) is 93.3 Å². The first-order valence-electron chi connectivity index (χ1n) is 7.22. The number of carbonyl (C=O) groups is 2. The summed E-state index contributed by atoms with van der Waals surface area (Å²) in [6.07, 6.45) is 0. The van der Waals surface area contributed by atoms with Crippen LogP contribution in [-0.4, -0.2) is 16.4 Å². The molecule has 7 nitrogen and oxygen atoms in total. The van der Waals surface area contributed by atoms with E-state index in [4.69, 9.17) is 4.42 Å². The van der Waals surface area contributed by atoms with Crippen molar-refractivity contribution in [2.75, 3.05) is 10.6 Å². The highest BCUT2D eigenvalue weighted by molar-refractivity contribution is 6.06. The molecule has 0 aliphatic carbocycles. The molecule has 0 saturated carbocycles. The third kappa shape index (κ3) is 3.05. The van der Waals surface area contributed by atoms with Crippen molar-refractivity contribution in [3.63, 3.8) is 0 Å². The van der Waals surface area contributed by atoms with Gasteiger partial charge in [0.1, 0.15) is 0 Å². The maximum absolute atomic E-state index is 12.4. The van der Waals surface area contributed by atoms with E-state index >= 15 is 0 Å². The smallest absolute Gasteiger partial charge is 0.408 e. The second-order valence-corrected chi connectivity index (χ2v) is 5.33. The fraction of sp³-hybridized carbons (Fsp3) is 0.118. The van der Waals surface area contributed by atoms with Gasteiger partial charge in [-0.15, -0.1) is 0 Å². The van der Waals surface area contributed by atoms with Crippen LogP contribution in [0.4, 0.5) is 11.4 Å². The summed E-state index contributed by atoms with van der Waals surface area (Å²) in [4.78, 5) is 34.9. The van der Waals surface area contributed by atoms with Crippen LogP contribution in [0.1, 0.15) is 17.3 Å². The van der Waals surface area contributed by atoms with Gasteiger partial charge in [0, 0.05) is 30.9 Å². The summed E-state index contributed by atoms with van der Waals surface area (Å²) in [5, 5.41) is 5.39. The van der Waals surface area contributed by atoms with Gasteiger partial charge in [-0.1, -0.05) is 6.07 Å². The van der Waals surface area contributed by atoms with Crippen LogP contribution in [0.2, 0.25) is 0 Å². The number of amides is 2. The highest BCUT2D eigenvalue weighted by Crippen LogP contribution is 2.18. The monoisotopic (exact) mass is 325 g/mol. The third-order valence-corrected chi connectivity index (χ3v) is 3.50. The molecule has 0 aliphatic rings. The average Bonchev–Trinajstić information content (AvgIpc) is 2.81. The van der Waals surface area contributed by atoms with Crippen molar-refractivity contribution < 1.29 is 14.0 Å². The maximum Gasteiger partial charge on any atom is 0.419 e. The lowest BCUT2D eigenvalue weighted by Gasteiger charge is -2.08. The zero-order valence-corrected chi connectivity index (χ0v) is 13.1. The van der Waals surface area contributed by atoms with Crippen molar-refractivity contribution >= 4 is 34.3 Å². The van der Waals surface area contributed by atoms with E-state index in [0.29, 0.717) is 28.0 Å². The Balaban J connectivity index is 1.84. The molecular formula is C17H15N3O4. The molecule has 0 bridgehead atoms. The van der Waals surface area contributed by atoms with E-state index in [1.165, 1.54) is 17.6 Å². The van der Waals surface area contributed by atoms with Gasteiger partial charge in [-0.2, -0.15) is 0 Å². The van der Waals surface area contributed by atoms with E-state index in [2.05, 4.69) is 10.6 Å². The number of anilines is 2. The molecule has 3 rings (SSSR count). The van der Waals surface area contributed by atoms with Crippen molar-refractivity contribution in [3.8, 4) is 0 Å². The maximum atomic E-state index is 12.4. The van der Waals surface area contributed by atoms with Crippen LogP contribution < -0.4 is 16.4 Å². The van der Waals surface area contributed by atoms with E-state index in [0.717, 1.165) is 0 Å².